The summed E-state index contributed by atoms with van der Waals surface area (Å²) in [7, 11) is 3.89. The van der Waals surface area contributed by atoms with Crippen molar-refractivity contribution in [3.8, 4) is 23.4 Å². The molecule has 0 saturated heterocycles. The summed E-state index contributed by atoms with van der Waals surface area (Å²) in [6.45, 7) is 1.16. The van der Waals surface area contributed by atoms with Gasteiger partial charge in [-0.2, -0.15) is 9.65 Å². The molecule has 0 amide bonds. The number of rotatable bonds is 8. The van der Waals surface area contributed by atoms with Crippen LogP contribution >= 0.6 is 0 Å². The minimum atomic E-state index is -0.861. The van der Waals surface area contributed by atoms with Gasteiger partial charge in [-0.3, -0.25) is 0 Å². The molecular weight excluding hydrogens is 421 g/mol. The lowest BCUT2D eigenvalue weighted by Crippen LogP contribution is -2.19. The normalized spacial score (nSPS) is 10.8. The molecule has 0 unspecified atom stereocenters. The predicted molar refractivity (Wildman–Crippen MR) is 125 cm³/mol. The van der Waals surface area contributed by atoms with E-state index in [1.54, 1.807) is 30.3 Å². The number of pyridine rings is 2. The molecule has 2 aromatic carbocycles. The lowest BCUT2D eigenvalue weighted by atomic mass is 10.1. The number of para-hydroxylation sites is 1. The molecule has 0 saturated carbocycles. The van der Waals surface area contributed by atoms with Crippen LogP contribution in [-0.2, 0) is 0 Å². The minimum absolute atomic E-state index is 0.183. The first-order chi connectivity index (χ1) is 16.0. The fourth-order valence-corrected chi connectivity index (χ4v) is 3.14. The number of nitrogens with one attached hydrogen (secondary N) is 1. The number of nitriles is 1. The van der Waals surface area contributed by atoms with Crippen molar-refractivity contribution in [2.24, 2.45) is 0 Å². The van der Waals surface area contributed by atoms with Crippen molar-refractivity contribution in [1.82, 2.24) is 14.9 Å². The molecule has 2 heterocycles. The quantitative estimate of drug-likeness (QED) is 0.379. The van der Waals surface area contributed by atoms with Gasteiger partial charge in [-0.05, 0) is 50.5 Å². The largest absolute Gasteiger partial charge is 0.476 e. The summed E-state index contributed by atoms with van der Waals surface area (Å²) in [4.78, 5) is 10.1. The van der Waals surface area contributed by atoms with E-state index in [0.29, 0.717) is 47.1 Å². The maximum atomic E-state index is 14.5. The number of ether oxygens (including phenoxy) is 2. The van der Waals surface area contributed by atoms with Crippen LogP contribution in [0.4, 0.5) is 15.8 Å². The predicted octanol–water partition coefficient (Wildman–Crippen LogP) is 5.12. The average Bonchev–Trinajstić information content (AvgIpc) is 2.81. The third-order valence-corrected chi connectivity index (χ3v) is 4.80. The average molecular weight is 443 g/mol. The van der Waals surface area contributed by atoms with Crippen LogP contribution < -0.4 is 14.8 Å². The Balaban J connectivity index is 1.63. The van der Waals surface area contributed by atoms with E-state index in [4.69, 9.17) is 9.47 Å². The molecule has 8 heteroatoms. The van der Waals surface area contributed by atoms with Crippen LogP contribution in [0.15, 0.2) is 66.9 Å². The van der Waals surface area contributed by atoms with Gasteiger partial charge in [0.05, 0.1) is 17.4 Å². The van der Waals surface area contributed by atoms with Crippen molar-refractivity contribution in [3.05, 3.63) is 78.4 Å². The maximum Gasteiger partial charge on any atom is 0.233 e. The van der Waals surface area contributed by atoms with E-state index < -0.39 is 5.95 Å². The number of anilines is 2. The van der Waals surface area contributed by atoms with Crippen LogP contribution in [0.5, 0.6) is 17.4 Å². The molecule has 0 radical (unpaired) electrons. The highest BCUT2D eigenvalue weighted by molar-refractivity contribution is 5.96. The van der Waals surface area contributed by atoms with Crippen molar-refractivity contribution in [3.63, 3.8) is 0 Å². The summed E-state index contributed by atoms with van der Waals surface area (Å²) in [5, 5.41) is 13.3. The van der Waals surface area contributed by atoms with E-state index >= 15 is 0 Å². The molecule has 2 aromatic heterocycles. The summed E-state index contributed by atoms with van der Waals surface area (Å²) in [6, 6.07) is 20.2. The maximum absolute atomic E-state index is 14.5. The molecule has 7 nitrogen and oxygen atoms in total. The lowest BCUT2D eigenvalue weighted by Gasteiger charge is -2.14. The zero-order valence-corrected chi connectivity index (χ0v) is 18.2. The Morgan fingerprint density at radius 1 is 1.06 bits per heavy atom. The Kier molecular flexibility index (Phi) is 6.62. The topological polar surface area (TPSA) is 83.3 Å². The van der Waals surface area contributed by atoms with E-state index in [0.717, 1.165) is 5.75 Å². The second kappa shape index (κ2) is 9.94. The molecule has 4 rings (SSSR count). The highest BCUT2D eigenvalue weighted by atomic mass is 19.1. The molecule has 0 aliphatic carbocycles. The van der Waals surface area contributed by atoms with E-state index in [1.807, 2.05) is 55.4 Å². The van der Waals surface area contributed by atoms with Crippen molar-refractivity contribution in [1.29, 1.82) is 5.26 Å². The number of hydrogen-bond donors (Lipinski definition) is 1. The molecule has 0 atom stereocenters. The molecule has 0 aliphatic rings. The summed E-state index contributed by atoms with van der Waals surface area (Å²) < 4.78 is 26.0. The van der Waals surface area contributed by atoms with Gasteiger partial charge in [-0.15, -0.1) is 0 Å². The first kappa shape index (κ1) is 22.0. The molecule has 1 N–H and O–H groups in total. The van der Waals surface area contributed by atoms with Gasteiger partial charge in [0.2, 0.25) is 11.8 Å². The van der Waals surface area contributed by atoms with Crippen molar-refractivity contribution < 1.29 is 13.9 Å². The van der Waals surface area contributed by atoms with Gasteiger partial charge in [0, 0.05) is 23.7 Å². The summed E-state index contributed by atoms with van der Waals surface area (Å²) in [6.07, 6.45) is 1.44. The first-order valence-electron chi connectivity index (χ1n) is 10.3. The number of benzene rings is 2. The van der Waals surface area contributed by atoms with Crippen LogP contribution in [0.3, 0.4) is 0 Å². The van der Waals surface area contributed by atoms with E-state index in [1.165, 1.54) is 6.20 Å². The standard InChI is InChI=1S/C25H22FN5O2/c1-31(2)12-13-32-23-14-20-22(16-28-23)30-25(26)21(15-27)24(20)29-17-8-10-19(11-9-17)33-18-6-4-3-5-7-18/h3-11,14,16H,12-13H2,1-2H3,(H,29,30). The van der Waals surface area contributed by atoms with Crippen molar-refractivity contribution >= 4 is 22.3 Å². The number of halogens is 1. The number of fused-ring (bicyclic) bond motifs is 1. The molecule has 0 aliphatic heterocycles. The summed E-state index contributed by atoms with van der Waals surface area (Å²) >= 11 is 0. The van der Waals surface area contributed by atoms with E-state index in [2.05, 4.69) is 15.3 Å². The van der Waals surface area contributed by atoms with Crippen LogP contribution in [0.2, 0.25) is 0 Å². The van der Waals surface area contributed by atoms with Crippen LogP contribution in [0.1, 0.15) is 5.56 Å². The first-order valence-corrected chi connectivity index (χ1v) is 10.3. The minimum Gasteiger partial charge on any atom is -0.476 e. The summed E-state index contributed by atoms with van der Waals surface area (Å²) in [5.41, 5.74) is 1.10. The second-order valence-corrected chi connectivity index (χ2v) is 7.52. The molecule has 0 fully saturated rings. The van der Waals surface area contributed by atoms with Gasteiger partial charge < -0.3 is 19.7 Å². The SMILES string of the molecule is CN(C)CCOc1cc2c(Nc3ccc(Oc4ccccc4)cc3)c(C#N)c(F)nc2cn1. The third-order valence-electron chi connectivity index (χ3n) is 4.80. The Morgan fingerprint density at radius 3 is 2.48 bits per heavy atom. The van der Waals surface area contributed by atoms with Crippen molar-refractivity contribution in [2.45, 2.75) is 0 Å². The van der Waals surface area contributed by atoms with Gasteiger partial charge in [-0.1, -0.05) is 18.2 Å². The van der Waals surface area contributed by atoms with Gasteiger partial charge in [0.25, 0.3) is 0 Å². The molecule has 4 aromatic rings. The fraction of sp³-hybridized carbons (Fsp3) is 0.160. The molecule has 0 spiro atoms. The molecular formula is C25H22FN5O2. The monoisotopic (exact) mass is 443 g/mol. The highest BCUT2D eigenvalue weighted by Crippen LogP contribution is 2.33. The zero-order valence-electron chi connectivity index (χ0n) is 18.2. The molecule has 33 heavy (non-hydrogen) atoms. The number of likely N-dealkylation sites (N-methyl/N-ethyl adjacent to an activating group) is 1. The highest BCUT2D eigenvalue weighted by Gasteiger charge is 2.17. The molecule has 166 valence electrons. The number of hydrogen-bond acceptors (Lipinski definition) is 7. The number of aromatic nitrogens is 2. The van der Waals surface area contributed by atoms with Crippen LogP contribution in [-0.4, -0.2) is 42.1 Å². The lowest BCUT2D eigenvalue weighted by molar-refractivity contribution is 0.254. The van der Waals surface area contributed by atoms with E-state index in [9.17, 15) is 9.65 Å². The molecule has 0 bridgehead atoms. The second-order valence-electron chi connectivity index (χ2n) is 7.52. The Morgan fingerprint density at radius 2 is 1.79 bits per heavy atom. The smallest absolute Gasteiger partial charge is 0.233 e. The van der Waals surface area contributed by atoms with Gasteiger partial charge in [0.1, 0.15) is 29.7 Å². The van der Waals surface area contributed by atoms with Gasteiger partial charge >= 0.3 is 0 Å². The Hall–Kier alpha value is -4.22. The van der Waals surface area contributed by atoms with Crippen LogP contribution in [0, 0.1) is 17.3 Å². The Labute approximate surface area is 191 Å². The number of nitrogens with zero attached hydrogens (tertiary/aromatic N) is 4. The van der Waals surface area contributed by atoms with Crippen molar-refractivity contribution in [2.75, 3.05) is 32.6 Å². The van der Waals surface area contributed by atoms with Gasteiger partial charge in [0.15, 0.2) is 0 Å². The Bertz CT molecular complexity index is 1290. The van der Waals surface area contributed by atoms with Crippen LogP contribution in [0.25, 0.3) is 10.9 Å². The third kappa shape index (κ3) is 5.34. The fourth-order valence-electron chi connectivity index (χ4n) is 3.14. The van der Waals surface area contributed by atoms with E-state index in [-0.39, 0.29) is 5.56 Å². The summed E-state index contributed by atoms with van der Waals surface area (Å²) in [5.74, 6) is 0.885. The zero-order chi connectivity index (χ0) is 23.2. The van der Waals surface area contributed by atoms with Gasteiger partial charge in [-0.25, -0.2) is 9.97 Å².